The van der Waals surface area contributed by atoms with E-state index >= 15 is 0 Å². The number of rotatable bonds is 4. The molecule has 17 heavy (non-hydrogen) atoms. The summed E-state index contributed by atoms with van der Waals surface area (Å²) >= 11 is -0.368. The number of nitrogens with zero attached hydrogens (tertiary/aromatic N) is 1. The zero-order valence-corrected chi connectivity index (χ0v) is 13.3. The SMILES string of the molecule is CC(O)CC(C)[N-]c1ccccc1.[CH3-].[Cl][V][Cl]. The van der Waals surface area contributed by atoms with Gasteiger partial charge in [0.25, 0.3) is 0 Å². The summed E-state index contributed by atoms with van der Waals surface area (Å²) in [6, 6.07) is 10.0. The molecule has 0 saturated heterocycles. The fourth-order valence-electron chi connectivity index (χ4n) is 1.31. The van der Waals surface area contributed by atoms with Gasteiger partial charge in [0.15, 0.2) is 0 Å². The Morgan fingerprint density at radius 3 is 2.12 bits per heavy atom. The average molecular weight is 315 g/mol. The van der Waals surface area contributed by atoms with Crippen molar-refractivity contribution in [2.45, 2.75) is 32.4 Å². The molecule has 0 spiro atoms. The summed E-state index contributed by atoms with van der Waals surface area (Å²) in [5, 5.41) is 13.6. The van der Waals surface area contributed by atoms with Crippen LogP contribution in [0.1, 0.15) is 20.3 Å². The summed E-state index contributed by atoms with van der Waals surface area (Å²) in [7, 11) is 9.72. The van der Waals surface area contributed by atoms with Crippen LogP contribution in [0.15, 0.2) is 30.3 Å². The number of hydrogen-bond acceptors (Lipinski definition) is 1. The van der Waals surface area contributed by atoms with Gasteiger partial charge in [0, 0.05) is 6.10 Å². The summed E-state index contributed by atoms with van der Waals surface area (Å²) in [5.74, 6) is 0. The summed E-state index contributed by atoms with van der Waals surface area (Å²) in [4.78, 5) is 0. The van der Waals surface area contributed by atoms with E-state index in [1.165, 1.54) is 0 Å². The molecule has 0 aliphatic heterocycles. The molecule has 1 N–H and O–H groups in total. The molecule has 0 heterocycles. The molecule has 99 valence electrons. The van der Waals surface area contributed by atoms with Crippen molar-refractivity contribution >= 4 is 25.4 Å². The first-order chi connectivity index (χ1) is 7.60. The second-order valence-electron chi connectivity index (χ2n) is 3.46. The Morgan fingerprint density at radius 2 is 1.71 bits per heavy atom. The van der Waals surface area contributed by atoms with Crippen molar-refractivity contribution in [3.8, 4) is 0 Å². The first-order valence-corrected chi connectivity index (χ1v) is 8.80. The van der Waals surface area contributed by atoms with Gasteiger partial charge in [-0.15, -0.1) is 11.7 Å². The van der Waals surface area contributed by atoms with E-state index in [1.807, 2.05) is 37.3 Å². The number of para-hydroxylation sites is 1. The predicted molar refractivity (Wildman–Crippen MR) is 73.3 cm³/mol. The molecule has 0 fully saturated rings. The molecule has 1 rings (SSSR count). The van der Waals surface area contributed by atoms with E-state index in [-0.39, 0.29) is 33.9 Å². The number of halogens is 2. The normalized spacial score (nSPS) is 12.3. The molecular weight excluding hydrogens is 296 g/mol. The van der Waals surface area contributed by atoms with Crippen LogP contribution < -0.4 is 0 Å². The van der Waals surface area contributed by atoms with Crippen molar-refractivity contribution in [2.75, 3.05) is 0 Å². The Hall–Kier alpha value is 0.144. The third-order valence-electron chi connectivity index (χ3n) is 1.81. The monoisotopic (exact) mass is 314 g/mol. The molecule has 0 aromatic heterocycles. The van der Waals surface area contributed by atoms with Crippen molar-refractivity contribution < 1.29 is 19.5 Å². The molecule has 5 heteroatoms. The van der Waals surface area contributed by atoms with Gasteiger partial charge in [0.05, 0.1) is 0 Å². The van der Waals surface area contributed by atoms with Gasteiger partial charge in [-0.3, -0.25) is 0 Å². The maximum atomic E-state index is 9.14. The van der Waals surface area contributed by atoms with Gasteiger partial charge in [-0.25, -0.2) is 0 Å². The van der Waals surface area contributed by atoms with E-state index in [9.17, 15) is 0 Å². The third-order valence-corrected chi connectivity index (χ3v) is 1.81. The van der Waals surface area contributed by atoms with Crippen LogP contribution in [-0.2, 0) is 14.4 Å². The second-order valence-corrected chi connectivity index (χ2v) is 5.77. The number of hydrogen-bond donors (Lipinski definition) is 1. The van der Waals surface area contributed by atoms with Crippen molar-refractivity contribution in [1.29, 1.82) is 0 Å². The van der Waals surface area contributed by atoms with Gasteiger partial charge in [-0.05, 0) is 13.3 Å². The van der Waals surface area contributed by atoms with Crippen LogP contribution in [0.5, 0.6) is 0 Å². The first-order valence-electron chi connectivity index (χ1n) is 4.96. The van der Waals surface area contributed by atoms with E-state index in [2.05, 4.69) is 5.32 Å². The van der Waals surface area contributed by atoms with E-state index in [0.717, 1.165) is 12.1 Å². The van der Waals surface area contributed by atoms with Gasteiger partial charge in [-0.1, -0.05) is 37.3 Å². The molecule has 2 nitrogen and oxygen atoms in total. The molecule has 0 radical (unpaired) electrons. The molecule has 0 aliphatic rings. The van der Waals surface area contributed by atoms with E-state index < -0.39 is 0 Å². The predicted octanol–water partition coefficient (Wildman–Crippen LogP) is 4.68. The molecule has 0 bridgehead atoms. The van der Waals surface area contributed by atoms with Crippen molar-refractivity contribution in [3.63, 3.8) is 0 Å². The summed E-state index contributed by atoms with van der Waals surface area (Å²) in [6.45, 7) is 3.80. The zero-order chi connectivity index (χ0) is 12.4. The van der Waals surface area contributed by atoms with Gasteiger partial charge >= 0.3 is 34.1 Å². The molecule has 1 aromatic carbocycles. The minimum absolute atomic E-state index is 0. The van der Waals surface area contributed by atoms with Crippen LogP contribution in [0.3, 0.4) is 0 Å². The van der Waals surface area contributed by atoms with Crippen molar-refractivity contribution in [1.82, 2.24) is 0 Å². The second kappa shape index (κ2) is 12.6. The van der Waals surface area contributed by atoms with Gasteiger partial charge in [0.2, 0.25) is 0 Å². The summed E-state index contributed by atoms with van der Waals surface area (Å²) < 4.78 is 0. The summed E-state index contributed by atoms with van der Waals surface area (Å²) in [5.41, 5.74) is 0.982. The number of aliphatic hydroxyl groups is 1. The van der Waals surface area contributed by atoms with E-state index in [0.29, 0.717) is 0 Å². The maximum absolute atomic E-state index is 9.14. The Kier molecular flexibility index (Phi) is 14.4. The molecular formula is C12H19Cl2NOV-2. The van der Waals surface area contributed by atoms with Crippen LogP contribution in [0, 0.1) is 7.43 Å². The standard InChI is InChI=1S/C11H16NO.CH3.2ClH.V/c1-9(8-10(2)13)12-11-6-4-3-5-7-11;;;;/h3-7,9-10,13H,8H2,1-2H3;1H3;2*1H;/q2*-1;;;+2/p-2. The Bertz CT molecular complexity index is 260. The number of benzene rings is 1. The molecule has 0 aliphatic carbocycles. The van der Waals surface area contributed by atoms with Gasteiger partial charge in [0.1, 0.15) is 0 Å². The van der Waals surface area contributed by atoms with Crippen molar-refractivity contribution in [3.05, 3.63) is 43.1 Å². The summed E-state index contributed by atoms with van der Waals surface area (Å²) in [6.07, 6.45) is 0.442. The van der Waals surface area contributed by atoms with E-state index in [4.69, 9.17) is 24.8 Å². The third kappa shape index (κ3) is 12.4. The number of aliphatic hydroxyl groups excluding tert-OH is 1. The van der Waals surface area contributed by atoms with Gasteiger partial charge < -0.3 is 17.8 Å². The van der Waals surface area contributed by atoms with Gasteiger partial charge in [-0.2, -0.15) is 0 Å². The Balaban J connectivity index is 0. The molecule has 2 unspecified atom stereocenters. The van der Waals surface area contributed by atoms with Crippen LogP contribution in [0.25, 0.3) is 5.32 Å². The Labute approximate surface area is 120 Å². The minimum atomic E-state index is -0.368. The van der Waals surface area contributed by atoms with Crippen molar-refractivity contribution in [2.24, 2.45) is 0 Å². The quantitative estimate of drug-likeness (QED) is 0.805. The fraction of sp³-hybridized carbons (Fsp3) is 0.417. The first kappa shape index (κ1) is 19.5. The zero-order valence-electron chi connectivity index (χ0n) is 10.3. The molecule has 2 atom stereocenters. The van der Waals surface area contributed by atoms with Crippen LogP contribution >= 0.6 is 19.7 Å². The molecule has 0 saturated carbocycles. The topological polar surface area (TPSA) is 34.3 Å². The molecule has 1 aromatic rings. The average Bonchev–Trinajstić information content (AvgIpc) is 2.18. The fourth-order valence-corrected chi connectivity index (χ4v) is 1.31. The van der Waals surface area contributed by atoms with E-state index in [1.54, 1.807) is 6.92 Å². The molecule has 0 amide bonds. The van der Waals surface area contributed by atoms with Crippen LogP contribution in [-0.4, -0.2) is 17.3 Å². The van der Waals surface area contributed by atoms with Crippen LogP contribution in [0.4, 0.5) is 5.69 Å². The van der Waals surface area contributed by atoms with Crippen LogP contribution in [0.2, 0.25) is 0 Å². The Morgan fingerprint density at radius 1 is 1.24 bits per heavy atom.